The molecule has 6 nitrogen and oxygen atoms in total. The molecular weight excluding hydrogens is 425 g/mol. The summed E-state index contributed by atoms with van der Waals surface area (Å²) in [6.07, 6.45) is 6.66. The molecule has 1 saturated heterocycles. The molecule has 1 aliphatic rings. The van der Waals surface area contributed by atoms with Crippen LogP contribution in [-0.4, -0.2) is 38.5 Å². The summed E-state index contributed by atoms with van der Waals surface area (Å²) in [5, 5.41) is 20.2. The van der Waals surface area contributed by atoms with Crippen molar-refractivity contribution in [2.75, 3.05) is 13.1 Å². The third kappa shape index (κ3) is 3.80. The normalized spacial score (nSPS) is 18.0. The lowest BCUT2D eigenvalue weighted by molar-refractivity contribution is -0.0118. The van der Waals surface area contributed by atoms with Crippen LogP contribution in [0, 0.1) is 17.1 Å². The first-order valence-corrected chi connectivity index (χ1v) is 11.3. The van der Waals surface area contributed by atoms with Gasteiger partial charge in [-0.25, -0.2) is 9.37 Å². The summed E-state index contributed by atoms with van der Waals surface area (Å²) < 4.78 is 16.4. The third-order valence-electron chi connectivity index (χ3n) is 5.90. The summed E-state index contributed by atoms with van der Waals surface area (Å²) in [4.78, 5) is 8.05. The molecule has 8 heteroatoms. The number of pyridine rings is 1. The summed E-state index contributed by atoms with van der Waals surface area (Å²) in [5.74, 6) is -0.560. The van der Waals surface area contributed by atoms with Gasteiger partial charge < -0.3 is 15.2 Å². The fraction of sp³-hybridized carbons (Fsp3) is 0.250. The molecule has 32 heavy (non-hydrogen) atoms. The minimum Gasteiger partial charge on any atom is -0.373 e. The fourth-order valence-corrected chi connectivity index (χ4v) is 5.43. The van der Waals surface area contributed by atoms with E-state index in [4.69, 9.17) is 11.0 Å². The molecule has 4 aromatic rings. The highest BCUT2D eigenvalue weighted by atomic mass is 32.1. The number of aromatic nitrogens is 2. The van der Waals surface area contributed by atoms with E-state index >= 15 is 0 Å². The molecule has 1 fully saturated rings. The Hall–Kier alpha value is -3.09. The highest BCUT2D eigenvalue weighted by molar-refractivity contribution is 7.16. The van der Waals surface area contributed by atoms with Gasteiger partial charge in [0.1, 0.15) is 23.8 Å². The topological polar surface area (TPSA) is 90.6 Å². The Kier molecular flexibility index (Phi) is 5.49. The van der Waals surface area contributed by atoms with Gasteiger partial charge in [0.2, 0.25) is 0 Å². The molecule has 0 bridgehead atoms. The first-order valence-electron chi connectivity index (χ1n) is 10.5. The average molecular weight is 448 g/mol. The Morgan fingerprint density at radius 3 is 2.88 bits per heavy atom. The van der Waals surface area contributed by atoms with Crippen molar-refractivity contribution in [2.45, 2.75) is 25.1 Å². The summed E-state index contributed by atoms with van der Waals surface area (Å²) in [6, 6.07) is 12.4. The van der Waals surface area contributed by atoms with Gasteiger partial charge in [-0.2, -0.15) is 5.26 Å². The number of piperidine rings is 1. The number of imidazole rings is 1. The second-order valence-corrected chi connectivity index (χ2v) is 9.16. The lowest BCUT2D eigenvalue weighted by Gasteiger charge is -2.33. The molecule has 3 N–H and O–H groups in total. The number of benzene rings is 1. The molecule has 5 rings (SSSR count). The molecular formula is C24H22FN5OS. The number of nitriles is 1. The number of hydrogen-bond donors (Lipinski definition) is 2. The maximum Gasteiger partial charge on any atom is 0.142 e. The van der Waals surface area contributed by atoms with Gasteiger partial charge in [0.05, 0.1) is 5.56 Å². The van der Waals surface area contributed by atoms with Gasteiger partial charge in [-0.15, -0.1) is 11.3 Å². The summed E-state index contributed by atoms with van der Waals surface area (Å²) in [6.45, 7) is 1.41. The van der Waals surface area contributed by atoms with Crippen molar-refractivity contribution in [3.05, 3.63) is 71.2 Å². The first-order chi connectivity index (χ1) is 15.5. The molecule has 2 atom stereocenters. The largest absolute Gasteiger partial charge is 0.373 e. The van der Waals surface area contributed by atoms with Crippen LogP contribution in [0.4, 0.5) is 4.39 Å². The standard InChI is InChI=1S/C24H22FN5OS/c25-20-10-15(3-4-17(20)13-26)19-12-21(24(31)30-7-1-2-18(27)14-30)32-23(19)16-5-8-29-9-6-28-22(29)11-16/h3-6,8-12,18,24,31H,1-2,7,14,27H2. The molecule has 0 saturated carbocycles. The zero-order valence-corrected chi connectivity index (χ0v) is 18.1. The third-order valence-corrected chi connectivity index (χ3v) is 7.13. The Bertz CT molecular complexity index is 1320. The molecule has 1 aliphatic heterocycles. The summed E-state index contributed by atoms with van der Waals surface area (Å²) >= 11 is 1.48. The van der Waals surface area contributed by atoms with E-state index in [0.717, 1.165) is 45.9 Å². The van der Waals surface area contributed by atoms with Crippen LogP contribution < -0.4 is 5.73 Å². The number of fused-ring (bicyclic) bond motifs is 1. The number of likely N-dealkylation sites (tertiary alicyclic amines) is 1. The predicted molar refractivity (Wildman–Crippen MR) is 122 cm³/mol. The zero-order valence-electron chi connectivity index (χ0n) is 17.3. The number of aliphatic hydroxyl groups is 1. The van der Waals surface area contributed by atoms with E-state index in [9.17, 15) is 9.50 Å². The fourth-order valence-electron chi connectivity index (χ4n) is 4.23. The second kappa shape index (κ2) is 8.45. The van der Waals surface area contributed by atoms with Gasteiger partial charge in [-0.3, -0.25) is 4.90 Å². The van der Waals surface area contributed by atoms with Crippen LogP contribution >= 0.6 is 11.3 Å². The van der Waals surface area contributed by atoms with E-state index in [1.165, 1.54) is 23.5 Å². The van der Waals surface area contributed by atoms with Crippen molar-refractivity contribution in [2.24, 2.45) is 5.73 Å². The van der Waals surface area contributed by atoms with Crippen LogP contribution in [0.1, 0.15) is 29.5 Å². The van der Waals surface area contributed by atoms with Crippen molar-refractivity contribution in [1.29, 1.82) is 5.26 Å². The van der Waals surface area contributed by atoms with Crippen LogP contribution in [-0.2, 0) is 0 Å². The van der Waals surface area contributed by atoms with Gasteiger partial charge in [0.25, 0.3) is 0 Å². The predicted octanol–water partition coefficient (Wildman–Crippen LogP) is 4.15. The van der Waals surface area contributed by atoms with Crippen molar-refractivity contribution in [3.8, 4) is 27.6 Å². The van der Waals surface area contributed by atoms with Gasteiger partial charge in [0, 0.05) is 53.0 Å². The average Bonchev–Trinajstić information content (AvgIpc) is 3.45. The number of aliphatic hydroxyl groups excluding tert-OH is 1. The van der Waals surface area contributed by atoms with Crippen molar-refractivity contribution < 1.29 is 9.50 Å². The minimum atomic E-state index is -0.780. The second-order valence-electron chi connectivity index (χ2n) is 8.08. The number of nitrogens with zero attached hydrogens (tertiary/aromatic N) is 4. The number of rotatable bonds is 4. The van der Waals surface area contributed by atoms with Crippen molar-refractivity contribution >= 4 is 17.0 Å². The smallest absolute Gasteiger partial charge is 0.142 e. The summed E-state index contributed by atoms with van der Waals surface area (Å²) in [7, 11) is 0. The molecule has 0 aliphatic carbocycles. The monoisotopic (exact) mass is 447 g/mol. The van der Waals surface area contributed by atoms with Gasteiger partial charge in [0.15, 0.2) is 0 Å². The lowest BCUT2D eigenvalue weighted by atomic mass is 10.0. The SMILES string of the molecule is N#Cc1ccc(-c2cc(C(O)N3CCCC(N)C3)sc2-c2ccn3ccnc3c2)cc1F. The molecule has 0 amide bonds. The van der Waals surface area contributed by atoms with E-state index in [1.807, 2.05) is 46.0 Å². The van der Waals surface area contributed by atoms with Crippen LogP contribution in [0.25, 0.3) is 27.2 Å². The van der Waals surface area contributed by atoms with Gasteiger partial charge in [-0.05, 0) is 54.3 Å². The zero-order chi connectivity index (χ0) is 22.2. The molecule has 162 valence electrons. The maximum absolute atomic E-state index is 14.4. The number of nitrogens with two attached hydrogens (primary N) is 1. The van der Waals surface area contributed by atoms with E-state index in [-0.39, 0.29) is 11.6 Å². The molecule has 0 radical (unpaired) electrons. The highest BCUT2D eigenvalue weighted by Crippen LogP contribution is 2.43. The van der Waals surface area contributed by atoms with Crippen molar-refractivity contribution in [1.82, 2.24) is 14.3 Å². The Balaban J connectivity index is 1.61. The number of thiophene rings is 1. The van der Waals surface area contributed by atoms with E-state index in [0.29, 0.717) is 12.1 Å². The quantitative estimate of drug-likeness (QED) is 0.490. The number of hydrogen-bond acceptors (Lipinski definition) is 6. The van der Waals surface area contributed by atoms with Crippen LogP contribution in [0.15, 0.2) is 55.0 Å². The lowest BCUT2D eigenvalue weighted by Crippen LogP contribution is -2.44. The Morgan fingerprint density at radius 2 is 2.09 bits per heavy atom. The maximum atomic E-state index is 14.4. The molecule has 0 spiro atoms. The van der Waals surface area contributed by atoms with Crippen LogP contribution in [0.5, 0.6) is 0 Å². The van der Waals surface area contributed by atoms with E-state index in [2.05, 4.69) is 4.98 Å². The van der Waals surface area contributed by atoms with Crippen LogP contribution in [0.2, 0.25) is 0 Å². The Labute approximate surface area is 189 Å². The van der Waals surface area contributed by atoms with E-state index < -0.39 is 12.0 Å². The highest BCUT2D eigenvalue weighted by Gasteiger charge is 2.26. The molecule has 3 aromatic heterocycles. The minimum absolute atomic E-state index is 0.00639. The molecule has 2 unspecified atom stereocenters. The Morgan fingerprint density at radius 1 is 1.22 bits per heavy atom. The van der Waals surface area contributed by atoms with Gasteiger partial charge in [-0.1, -0.05) is 6.07 Å². The van der Waals surface area contributed by atoms with Gasteiger partial charge >= 0.3 is 0 Å². The number of halogens is 1. The van der Waals surface area contributed by atoms with Crippen molar-refractivity contribution in [3.63, 3.8) is 0 Å². The first kappa shape index (κ1) is 20.8. The van der Waals surface area contributed by atoms with Crippen LogP contribution in [0.3, 0.4) is 0 Å². The molecule has 1 aromatic carbocycles. The summed E-state index contributed by atoms with van der Waals surface area (Å²) in [5.41, 5.74) is 9.33. The van der Waals surface area contributed by atoms with E-state index in [1.54, 1.807) is 12.3 Å². The molecule has 4 heterocycles.